The van der Waals surface area contributed by atoms with Crippen molar-refractivity contribution in [3.8, 4) is 0 Å². The van der Waals surface area contributed by atoms with E-state index in [-0.39, 0.29) is 0 Å². The first-order chi connectivity index (χ1) is 2.94. The van der Waals surface area contributed by atoms with Gasteiger partial charge in [-0.2, -0.15) is 8.78 Å². The molecule has 44 valence electrons. The van der Waals surface area contributed by atoms with E-state index in [1.54, 1.807) is 0 Å². The maximum atomic E-state index is 10.9. The Labute approximate surface area is 44.3 Å². The third-order valence-corrected chi connectivity index (χ3v) is 1.15. The van der Waals surface area contributed by atoms with E-state index in [1.807, 2.05) is 0 Å². The van der Waals surface area contributed by atoms with E-state index in [9.17, 15) is 17.2 Å². The molecular formula is CH2F2O2S2. The highest BCUT2D eigenvalue weighted by Crippen LogP contribution is 2.07. The topological polar surface area (TPSA) is 34.1 Å². The van der Waals surface area contributed by atoms with E-state index in [0.29, 0.717) is 0 Å². The summed E-state index contributed by atoms with van der Waals surface area (Å²) in [5, 5.41) is 0. The molecule has 6 heteroatoms. The zero-order chi connectivity index (χ0) is 6.08. The fraction of sp³-hybridized carbons (Fsp3) is 1.00. The smallest absolute Gasteiger partial charge is 0.212 e. The van der Waals surface area contributed by atoms with Crippen molar-refractivity contribution in [2.24, 2.45) is 0 Å². The minimum atomic E-state index is -4.38. The van der Waals surface area contributed by atoms with Crippen LogP contribution in [0.15, 0.2) is 0 Å². The average Bonchev–Trinajstić information content (AvgIpc) is 1.31. The summed E-state index contributed by atoms with van der Waals surface area (Å²) >= 11 is 2.57. The van der Waals surface area contributed by atoms with Gasteiger partial charge in [-0.05, 0) is 11.7 Å². The summed E-state index contributed by atoms with van der Waals surface area (Å²) in [6.45, 7) is 0. The number of rotatable bonds is 1. The number of hydrogen-bond donors (Lipinski definition) is 1. The Hall–Kier alpha value is 0.160. The Morgan fingerprint density at radius 2 is 1.57 bits per heavy atom. The molecule has 0 aromatic rings. The minimum Gasteiger partial charge on any atom is -0.212 e. The fourth-order valence-electron chi connectivity index (χ4n) is 0. The molecule has 0 aliphatic rings. The summed E-state index contributed by atoms with van der Waals surface area (Å²) in [4.78, 5) is 0. The van der Waals surface area contributed by atoms with Gasteiger partial charge in [-0.15, -0.1) is 0 Å². The molecular weight excluding hydrogens is 146 g/mol. The van der Waals surface area contributed by atoms with Gasteiger partial charge in [0.2, 0.25) is 0 Å². The first-order valence-electron chi connectivity index (χ1n) is 1.19. The van der Waals surface area contributed by atoms with Gasteiger partial charge in [-0.3, -0.25) is 0 Å². The highest BCUT2D eigenvalue weighted by molar-refractivity contribution is 8.63. The third-order valence-electron chi connectivity index (χ3n) is 0.225. The lowest BCUT2D eigenvalue weighted by atomic mass is 11.7. The van der Waals surface area contributed by atoms with E-state index in [1.165, 1.54) is 0 Å². The van der Waals surface area contributed by atoms with Crippen LogP contribution in [-0.2, 0) is 8.87 Å². The van der Waals surface area contributed by atoms with Gasteiger partial charge in [0, 0.05) is 0 Å². The van der Waals surface area contributed by atoms with Crippen LogP contribution < -0.4 is 0 Å². The molecule has 0 spiro atoms. The first kappa shape index (κ1) is 7.16. The van der Waals surface area contributed by atoms with Crippen molar-refractivity contribution in [1.82, 2.24) is 0 Å². The number of halogens is 2. The average molecular weight is 148 g/mol. The lowest BCUT2D eigenvalue weighted by Gasteiger charge is -1.87. The Morgan fingerprint density at radius 1 is 1.43 bits per heavy atom. The highest BCUT2D eigenvalue weighted by Gasteiger charge is 2.17. The van der Waals surface area contributed by atoms with Gasteiger partial charge < -0.3 is 0 Å². The summed E-state index contributed by atoms with van der Waals surface area (Å²) in [5.41, 5.74) is 0. The van der Waals surface area contributed by atoms with Crippen LogP contribution in [0.4, 0.5) is 8.78 Å². The number of alkyl halides is 2. The third kappa shape index (κ3) is 2.81. The summed E-state index contributed by atoms with van der Waals surface area (Å²) in [6.07, 6.45) is 0. The molecule has 0 bridgehead atoms. The van der Waals surface area contributed by atoms with Crippen LogP contribution in [-0.4, -0.2) is 14.2 Å². The van der Waals surface area contributed by atoms with Crippen LogP contribution in [0.5, 0.6) is 0 Å². The van der Waals surface area contributed by atoms with Crippen LogP contribution >= 0.6 is 11.7 Å². The maximum absolute atomic E-state index is 10.9. The van der Waals surface area contributed by atoms with Crippen molar-refractivity contribution in [1.29, 1.82) is 0 Å². The molecule has 0 aliphatic carbocycles. The van der Waals surface area contributed by atoms with Crippen LogP contribution in [0.25, 0.3) is 0 Å². The maximum Gasteiger partial charge on any atom is 0.346 e. The van der Waals surface area contributed by atoms with Crippen LogP contribution in [0.1, 0.15) is 0 Å². The molecule has 0 fully saturated rings. The van der Waals surface area contributed by atoms with Crippen LogP contribution in [0.3, 0.4) is 0 Å². The largest absolute Gasteiger partial charge is 0.346 e. The second kappa shape index (κ2) is 1.95. The molecule has 0 saturated carbocycles. The summed E-state index contributed by atoms with van der Waals surface area (Å²) < 4.78 is 40.6. The number of hydrogen-bond acceptors (Lipinski definition) is 2. The normalized spacial score (nSPS) is 12.6. The molecule has 0 radical (unpaired) electrons. The molecule has 0 atom stereocenters. The van der Waals surface area contributed by atoms with E-state index >= 15 is 0 Å². The lowest BCUT2D eigenvalue weighted by Crippen LogP contribution is -2.00. The summed E-state index contributed by atoms with van der Waals surface area (Å²) in [6, 6.07) is 0. The second-order valence-electron chi connectivity index (χ2n) is 0.776. The van der Waals surface area contributed by atoms with Gasteiger partial charge in [-0.1, -0.05) is 0 Å². The summed E-state index contributed by atoms with van der Waals surface area (Å²) in [5.74, 6) is -3.36. The van der Waals surface area contributed by atoms with Gasteiger partial charge in [0.1, 0.15) is 0 Å². The Kier molecular flexibility index (Phi) is 2.00. The SMILES string of the molecule is O=S(=O)(S)C(F)F. The van der Waals surface area contributed by atoms with Crippen molar-refractivity contribution in [2.45, 2.75) is 5.76 Å². The van der Waals surface area contributed by atoms with Gasteiger partial charge in [0.05, 0.1) is 0 Å². The Bertz CT molecular complexity index is 136. The van der Waals surface area contributed by atoms with Crippen molar-refractivity contribution in [3.63, 3.8) is 0 Å². The molecule has 2 nitrogen and oxygen atoms in total. The molecule has 7 heavy (non-hydrogen) atoms. The molecule has 0 aromatic heterocycles. The predicted molar refractivity (Wildman–Crippen MR) is 23.9 cm³/mol. The molecule has 0 heterocycles. The van der Waals surface area contributed by atoms with Crippen molar-refractivity contribution < 1.29 is 17.2 Å². The van der Waals surface area contributed by atoms with E-state index in [0.717, 1.165) is 0 Å². The highest BCUT2D eigenvalue weighted by atomic mass is 33.1. The zero-order valence-electron chi connectivity index (χ0n) is 3.01. The first-order valence-corrected chi connectivity index (χ1v) is 3.79. The standard InChI is InChI=1S/CH2F2O2S2/c2-1(3)7(4,5)6/h1H,(H,4,5,6). The summed E-state index contributed by atoms with van der Waals surface area (Å²) in [7, 11) is -4.38. The molecule has 0 aromatic carbocycles. The number of thiol groups is 1. The van der Waals surface area contributed by atoms with Gasteiger partial charge >= 0.3 is 5.76 Å². The zero-order valence-corrected chi connectivity index (χ0v) is 4.72. The Morgan fingerprint density at radius 3 is 1.57 bits per heavy atom. The van der Waals surface area contributed by atoms with Gasteiger partial charge in [0.25, 0.3) is 8.87 Å². The fourth-order valence-corrected chi connectivity index (χ4v) is 0. The minimum absolute atomic E-state index is 2.57. The van der Waals surface area contributed by atoms with Crippen molar-refractivity contribution in [3.05, 3.63) is 0 Å². The second-order valence-corrected chi connectivity index (χ2v) is 3.69. The van der Waals surface area contributed by atoms with Crippen LogP contribution in [0, 0.1) is 0 Å². The van der Waals surface area contributed by atoms with Crippen molar-refractivity contribution >= 4 is 20.5 Å². The van der Waals surface area contributed by atoms with Crippen molar-refractivity contribution in [2.75, 3.05) is 0 Å². The molecule has 0 unspecified atom stereocenters. The molecule has 0 amide bonds. The molecule has 0 aliphatic heterocycles. The quantitative estimate of drug-likeness (QED) is 0.433. The monoisotopic (exact) mass is 148 g/mol. The van der Waals surface area contributed by atoms with Crippen LogP contribution in [0.2, 0.25) is 0 Å². The van der Waals surface area contributed by atoms with E-state index in [2.05, 4.69) is 11.7 Å². The van der Waals surface area contributed by atoms with E-state index < -0.39 is 14.6 Å². The Balaban J connectivity index is 4.10. The van der Waals surface area contributed by atoms with Gasteiger partial charge in [0.15, 0.2) is 0 Å². The molecule has 0 N–H and O–H groups in total. The molecule has 0 saturated heterocycles. The van der Waals surface area contributed by atoms with E-state index in [4.69, 9.17) is 0 Å². The molecule has 0 rings (SSSR count). The lowest BCUT2D eigenvalue weighted by molar-refractivity contribution is 0.238. The predicted octanol–water partition coefficient (Wildman–Crippen LogP) is 0.469. The van der Waals surface area contributed by atoms with Gasteiger partial charge in [-0.25, -0.2) is 8.42 Å².